The molecule has 0 atom stereocenters. The summed E-state index contributed by atoms with van der Waals surface area (Å²) in [4.78, 5) is 20.0. The van der Waals surface area contributed by atoms with E-state index >= 15 is 0 Å². The fourth-order valence-electron chi connectivity index (χ4n) is 2.82. The lowest BCUT2D eigenvalue weighted by molar-refractivity contribution is 0.241. The third kappa shape index (κ3) is 3.22. The normalized spacial score (nSPS) is 17.3. The van der Waals surface area contributed by atoms with Crippen molar-refractivity contribution in [2.45, 2.75) is 31.7 Å². The van der Waals surface area contributed by atoms with Crippen LogP contribution in [0.3, 0.4) is 0 Å². The summed E-state index contributed by atoms with van der Waals surface area (Å²) in [6.45, 7) is 5.87. The van der Waals surface area contributed by atoms with Crippen molar-refractivity contribution in [3.63, 3.8) is 0 Å². The van der Waals surface area contributed by atoms with Gasteiger partial charge in [0.15, 0.2) is 0 Å². The van der Waals surface area contributed by atoms with Crippen LogP contribution in [0.1, 0.15) is 37.3 Å². The van der Waals surface area contributed by atoms with E-state index in [9.17, 15) is 4.91 Å². The van der Waals surface area contributed by atoms with Gasteiger partial charge in [-0.2, -0.15) is 0 Å². The van der Waals surface area contributed by atoms with Gasteiger partial charge in [0, 0.05) is 41.4 Å². The Kier molecular flexibility index (Phi) is 5.39. The number of ether oxygens (including phenoxy) is 1. The van der Waals surface area contributed by atoms with Crippen molar-refractivity contribution in [1.82, 2.24) is 4.98 Å². The van der Waals surface area contributed by atoms with Crippen molar-refractivity contribution in [2.24, 2.45) is 15.9 Å². The third-order valence-corrected chi connectivity index (χ3v) is 4.21. The highest BCUT2D eigenvalue weighted by Crippen LogP contribution is 2.48. The minimum Gasteiger partial charge on any atom is -0.481 e. The molecule has 0 saturated heterocycles. The number of methoxy groups -OCH3 is 1. The average Bonchev–Trinajstić information content (AvgIpc) is 2.52. The van der Waals surface area contributed by atoms with E-state index in [-0.39, 0.29) is 0 Å². The SMILES string of the molecule is C=CN=C(C)/C(=C\CN)c1cnc(OC)c(C2(N=O)CCC2)c1. The Morgan fingerprint density at radius 3 is 2.78 bits per heavy atom. The summed E-state index contributed by atoms with van der Waals surface area (Å²) in [5.41, 5.74) is 8.16. The predicted octanol–water partition coefficient (Wildman–Crippen LogP) is 3.18. The molecule has 122 valence electrons. The predicted molar refractivity (Wildman–Crippen MR) is 92.5 cm³/mol. The van der Waals surface area contributed by atoms with Crippen LogP contribution in [-0.2, 0) is 5.54 Å². The van der Waals surface area contributed by atoms with Crippen LogP contribution in [0.5, 0.6) is 5.88 Å². The Morgan fingerprint density at radius 1 is 1.57 bits per heavy atom. The highest BCUT2D eigenvalue weighted by atomic mass is 16.5. The summed E-state index contributed by atoms with van der Waals surface area (Å²) in [7, 11) is 1.55. The molecule has 0 amide bonds. The van der Waals surface area contributed by atoms with Crippen LogP contribution in [0.4, 0.5) is 0 Å². The molecule has 1 aliphatic carbocycles. The van der Waals surface area contributed by atoms with Gasteiger partial charge in [0.05, 0.1) is 7.11 Å². The number of nitroso groups, excluding NO2 is 1. The van der Waals surface area contributed by atoms with Crippen molar-refractivity contribution in [1.29, 1.82) is 0 Å². The molecular formula is C17H22N4O2. The number of allylic oxidation sites excluding steroid dienone is 1. The second kappa shape index (κ2) is 7.28. The average molecular weight is 314 g/mol. The van der Waals surface area contributed by atoms with Crippen molar-refractivity contribution in [2.75, 3.05) is 13.7 Å². The van der Waals surface area contributed by atoms with E-state index in [0.717, 1.165) is 28.8 Å². The first-order valence-corrected chi connectivity index (χ1v) is 7.57. The van der Waals surface area contributed by atoms with Crippen LogP contribution in [0, 0.1) is 4.91 Å². The molecule has 1 heterocycles. The highest BCUT2D eigenvalue weighted by Gasteiger charge is 2.43. The minimum atomic E-state index is -0.730. The topological polar surface area (TPSA) is 89.9 Å². The van der Waals surface area contributed by atoms with E-state index in [2.05, 4.69) is 21.7 Å². The van der Waals surface area contributed by atoms with Gasteiger partial charge in [0.1, 0.15) is 5.54 Å². The fraction of sp³-hybridized carbons (Fsp3) is 0.412. The van der Waals surface area contributed by atoms with Crippen molar-refractivity contribution >= 4 is 11.3 Å². The molecule has 6 nitrogen and oxygen atoms in total. The second-order valence-corrected chi connectivity index (χ2v) is 5.51. The molecule has 2 N–H and O–H groups in total. The maximum Gasteiger partial charge on any atom is 0.218 e. The number of aromatic nitrogens is 1. The van der Waals surface area contributed by atoms with Gasteiger partial charge < -0.3 is 10.5 Å². The van der Waals surface area contributed by atoms with Crippen LogP contribution in [-0.4, -0.2) is 24.4 Å². The number of aliphatic imine (C=N–C) groups is 1. The van der Waals surface area contributed by atoms with E-state index in [1.54, 1.807) is 13.3 Å². The molecule has 1 saturated carbocycles. The number of hydrogen-bond acceptors (Lipinski definition) is 6. The van der Waals surface area contributed by atoms with Gasteiger partial charge in [-0.1, -0.05) is 17.8 Å². The Morgan fingerprint density at radius 2 is 2.30 bits per heavy atom. The maximum absolute atomic E-state index is 11.4. The van der Waals surface area contributed by atoms with Gasteiger partial charge in [-0.25, -0.2) is 4.98 Å². The highest BCUT2D eigenvalue weighted by molar-refractivity contribution is 6.22. The quantitative estimate of drug-likeness (QED) is 0.618. The molecule has 0 spiro atoms. The molecular weight excluding hydrogens is 292 g/mol. The van der Waals surface area contributed by atoms with Crippen molar-refractivity contribution < 1.29 is 4.74 Å². The van der Waals surface area contributed by atoms with E-state index in [1.165, 1.54) is 6.20 Å². The van der Waals surface area contributed by atoms with E-state index in [0.29, 0.717) is 25.3 Å². The number of hydrogen-bond donors (Lipinski definition) is 1. The summed E-state index contributed by atoms with van der Waals surface area (Å²) in [6.07, 6.45) is 7.46. The molecule has 2 rings (SSSR count). The number of nitrogens with two attached hydrogens (primary N) is 1. The molecule has 0 unspecified atom stereocenters. The fourth-order valence-corrected chi connectivity index (χ4v) is 2.82. The molecule has 6 heteroatoms. The monoisotopic (exact) mass is 314 g/mol. The molecule has 1 aromatic rings. The molecule has 0 bridgehead atoms. The summed E-state index contributed by atoms with van der Waals surface area (Å²) in [5.74, 6) is 0.443. The lowest BCUT2D eigenvalue weighted by atomic mass is 9.72. The number of rotatable bonds is 7. The standard InChI is InChI=1S/C17H22N4O2/c1-4-19-12(2)14(6-9-18)13-10-15(16(23-3)20-11-13)17(21-22)7-5-8-17/h4,6,10-11H,1,5,7-9,18H2,2-3H3/b14-6+,19-12?. The second-order valence-electron chi connectivity index (χ2n) is 5.51. The maximum atomic E-state index is 11.4. The lowest BCUT2D eigenvalue weighted by Gasteiger charge is -2.35. The first kappa shape index (κ1) is 17.0. The molecule has 23 heavy (non-hydrogen) atoms. The molecule has 1 aromatic heterocycles. The lowest BCUT2D eigenvalue weighted by Crippen LogP contribution is -2.32. The molecule has 0 radical (unpaired) electrons. The van der Waals surface area contributed by atoms with Crippen LogP contribution in [0.15, 0.2) is 41.3 Å². The van der Waals surface area contributed by atoms with Crippen molar-refractivity contribution in [3.05, 3.63) is 47.2 Å². The largest absolute Gasteiger partial charge is 0.481 e. The van der Waals surface area contributed by atoms with Crippen LogP contribution in [0.25, 0.3) is 5.57 Å². The van der Waals surface area contributed by atoms with Crippen LogP contribution in [0.2, 0.25) is 0 Å². The summed E-state index contributed by atoms with van der Waals surface area (Å²) < 4.78 is 5.33. The first-order valence-electron chi connectivity index (χ1n) is 7.57. The first-order chi connectivity index (χ1) is 11.1. The summed E-state index contributed by atoms with van der Waals surface area (Å²) in [5, 5.41) is 3.37. The zero-order chi connectivity index (χ0) is 16.9. The smallest absolute Gasteiger partial charge is 0.218 e. The van der Waals surface area contributed by atoms with Crippen molar-refractivity contribution in [3.8, 4) is 5.88 Å². The third-order valence-electron chi connectivity index (χ3n) is 4.21. The zero-order valence-electron chi connectivity index (χ0n) is 13.6. The molecule has 0 aliphatic heterocycles. The van der Waals surface area contributed by atoms with E-state index < -0.39 is 5.54 Å². The van der Waals surface area contributed by atoms with E-state index in [4.69, 9.17) is 10.5 Å². The minimum absolute atomic E-state index is 0.373. The Hall–Kier alpha value is -2.34. The number of pyridine rings is 1. The Labute approximate surface area is 136 Å². The van der Waals surface area contributed by atoms with Gasteiger partial charge in [-0.15, -0.1) is 4.91 Å². The van der Waals surface area contributed by atoms with E-state index in [1.807, 2.05) is 19.1 Å². The molecule has 1 aliphatic rings. The van der Waals surface area contributed by atoms with Crippen LogP contribution < -0.4 is 10.5 Å². The Bertz CT molecular complexity index is 661. The van der Waals surface area contributed by atoms with Gasteiger partial charge >= 0.3 is 0 Å². The summed E-state index contributed by atoms with van der Waals surface area (Å²) >= 11 is 0. The van der Waals surface area contributed by atoms with Gasteiger partial charge in [-0.3, -0.25) is 4.99 Å². The molecule has 1 fully saturated rings. The van der Waals surface area contributed by atoms with Gasteiger partial charge in [-0.05, 0) is 32.3 Å². The van der Waals surface area contributed by atoms with Gasteiger partial charge in [0.2, 0.25) is 5.88 Å². The summed E-state index contributed by atoms with van der Waals surface area (Å²) in [6, 6.07) is 1.91. The Balaban J connectivity index is 2.56. The van der Waals surface area contributed by atoms with Gasteiger partial charge in [0.25, 0.3) is 0 Å². The zero-order valence-corrected chi connectivity index (χ0v) is 13.6. The van der Waals surface area contributed by atoms with Crippen LogP contribution >= 0.6 is 0 Å². The molecule has 0 aromatic carbocycles. The number of nitrogens with zero attached hydrogens (tertiary/aromatic N) is 3.